The van der Waals surface area contributed by atoms with Crippen molar-refractivity contribution in [1.82, 2.24) is 0 Å². The van der Waals surface area contributed by atoms with Gasteiger partial charge in [0.2, 0.25) is 0 Å². The lowest BCUT2D eigenvalue weighted by Gasteiger charge is -2.39. The second-order valence-electron chi connectivity index (χ2n) is 4.05. The molecular formula is C8H7F12O3P. The Kier molecular flexibility index (Phi) is 6.84. The molecule has 0 bridgehead atoms. The summed E-state index contributed by atoms with van der Waals surface area (Å²) in [5, 5.41) is 0. The highest BCUT2D eigenvalue weighted by Crippen LogP contribution is 2.58. The maximum atomic E-state index is 13.1. The Bertz CT molecular complexity index is 429. The van der Waals surface area contributed by atoms with Gasteiger partial charge in [-0.2, -0.15) is 43.9 Å². The van der Waals surface area contributed by atoms with Crippen molar-refractivity contribution in [3.63, 3.8) is 0 Å². The van der Waals surface area contributed by atoms with E-state index in [0.717, 1.165) is 0 Å². The second kappa shape index (κ2) is 7.00. The van der Waals surface area contributed by atoms with Crippen LogP contribution in [0, 0.1) is 0 Å². The molecule has 1 atom stereocenters. The van der Waals surface area contributed by atoms with Gasteiger partial charge in [0.15, 0.2) is 0 Å². The van der Waals surface area contributed by atoms with Crippen molar-refractivity contribution in [3.05, 3.63) is 0 Å². The Labute approximate surface area is 126 Å². The Morgan fingerprint density at radius 1 is 0.833 bits per heavy atom. The lowest BCUT2D eigenvalue weighted by atomic mass is 9.95. The van der Waals surface area contributed by atoms with Gasteiger partial charge in [0.1, 0.15) is 6.61 Å². The van der Waals surface area contributed by atoms with Crippen LogP contribution in [0.2, 0.25) is 0 Å². The second-order valence-corrected chi connectivity index (χ2v) is 5.14. The Balaban J connectivity index is 5.80. The highest BCUT2D eigenvalue weighted by molar-refractivity contribution is 7.40. The summed E-state index contributed by atoms with van der Waals surface area (Å²) in [5.41, 5.74) is 0. The van der Waals surface area contributed by atoms with E-state index in [0.29, 0.717) is 7.11 Å². The van der Waals surface area contributed by atoms with Crippen LogP contribution in [-0.2, 0) is 9.05 Å². The standard InChI is InChI=1S/C8H7F12O3P/c1-22-24(21)23-2-4(11,12)6(15,16)8(19,20)7(17,18)5(13,14)3(9)10/h3,21H,2H2,1H3. The van der Waals surface area contributed by atoms with Gasteiger partial charge in [0.25, 0.3) is 0 Å². The fraction of sp³-hybridized carbons (Fsp3) is 1.00. The first kappa shape index (κ1) is 23.5. The fourth-order valence-electron chi connectivity index (χ4n) is 1.05. The van der Waals surface area contributed by atoms with E-state index in [1.807, 2.05) is 0 Å². The minimum absolute atomic E-state index is 0.591. The van der Waals surface area contributed by atoms with Gasteiger partial charge in [-0.3, -0.25) is 0 Å². The van der Waals surface area contributed by atoms with Crippen LogP contribution in [0.1, 0.15) is 0 Å². The van der Waals surface area contributed by atoms with Crippen LogP contribution in [-0.4, -0.2) is 54.6 Å². The van der Waals surface area contributed by atoms with Gasteiger partial charge in [0.05, 0.1) is 0 Å². The molecule has 0 aromatic rings. The van der Waals surface area contributed by atoms with Gasteiger partial charge in [-0.15, -0.1) is 0 Å². The molecular weight excluding hydrogens is 403 g/mol. The van der Waals surface area contributed by atoms with Crippen LogP contribution < -0.4 is 0 Å². The number of halogens is 12. The van der Waals surface area contributed by atoms with Crippen molar-refractivity contribution in [2.75, 3.05) is 13.7 Å². The van der Waals surface area contributed by atoms with E-state index in [9.17, 15) is 52.7 Å². The Morgan fingerprint density at radius 3 is 1.58 bits per heavy atom. The molecule has 0 heterocycles. The minimum atomic E-state index is -7.61. The summed E-state index contributed by atoms with van der Waals surface area (Å²) in [7, 11) is -2.71. The average molecular weight is 410 g/mol. The summed E-state index contributed by atoms with van der Waals surface area (Å²) < 4.78 is 159. The molecule has 0 spiro atoms. The molecule has 0 aliphatic rings. The van der Waals surface area contributed by atoms with Crippen LogP contribution in [0.25, 0.3) is 0 Å². The molecule has 0 aromatic carbocycles. The molecule has 1 unspecified atom stereocenters. The first-order valence-electron chi connectivity index (χ1n) is 5.23. The summed E-state index contributed by atoms with van der Waals surface area (Å²) in [6, 6.07) is 0. The molecule has 0 aliphatic heterocycles. The molecule has 0 aromatic heterocycles. The third-order valence-corrected chi connectivity index (χ3v) is 3.12. The number of hydrogen-bond donors (Lipinski definition) is 1. The molecule has 24 heavy (non-hydrogen) atoms. The molecule has 0 amide bonds. The third kappa shape index (κ3) is 3.68. The molecule has 1 N–H and O–H groups in total. The number of hydrogen-bond acceptors (Lipinski definition) is 3. The average Bonchev–Trinajstić information content (AvgIpc) is 2.43. The lowest BCUT2D eigenvalue weighted by Crippen LogP contribution is -2.69. The van der Waals surface area contributed by atoms with Gasteiger partial charge >= 0.3 is 44.6 Å². The third-order valence-electron chi connectivity index (χ3n) is 2.45. The van der Waals surface area contributed by atoms with E-state index in [-0.39, 0.29) is 0 Å². The van der Waals surface area contributed by atoms with Crippen molar-refractivity contribution >= 4 is 8.60 Å². The quantitative estimate of drug-likeness (QED) is 0.455. The zero-order chi connectivity index (χ0) is 19.8. The molecule has 0 fully saturated rings. The van der Waals surface area contributed by atoms with Crippen molar-refractivity contribution in [2.24, 2.45) is 0 Å². The summed E-state index contributed by atoms with van der Waals surface area (Å²) in [5.74, 6) is -35.7. The Morgan fingerprint density at radius 2 is 1.25 bits per heavy atom. The molecule has 0 aliphatic carbocycles. The largest absolute Gasteiger partial charge is 0.384 e. The molecule has 0 saturated heterocycles. The maximum absolute atomic E-state index is 13.1. The molecule has 0 saturated carbocycles. The predicted octanol–water partition coefficient (Wildman–Crippen LogP) is 4.31. The molecule has 3 nitrogen and oxygen atoms in total. The summed E-state index contributed by atoms with van der Waals surface area (Å²) in [4.78, 5) is 8.54. The highest BCUT2D eigenvalue weighted by atomic mass is 31.2. The van der Waals surface area contributed by atoms with Crippen LogP contribution in [0.3, 0.4) is 0 Å². The van der Waals surface area contributed by atoms with Gasteiger partial charge < -0.3 is 13.9 Å². The van der Waals surface area contributed by atoms with Gasteiger partial charge in [0, 0.05) is 7.11 Å². The van der Waals surface area contributed by atoms with Crippen LogP contribution >= 0.6 is 8.60 Å². The first-order chi connectivity index (χ1) is 10.4. The van der Waals surface area contributed by atoms with E-state index in [2.05, 4.69) is 9.05 Å². The molecule has 0 radical (unpaired) electrons. The smallest absolute Gasteiger partial charge is 0.328 e. The predicted molar refractivity (Wildman–Crippen MR) is 52.8 cm³/mol. The first-order valence-corrected chi connectivity index (χ1v) is 6.36. The van der Waals surface area contributed by atoms with Crippen molar-refractivity contribution in [3.8, 4) is 0 Å². The van der Waals surface area contributed by atoms with Gasteiger partial charge in [-0.05, 0) is 0 Å². The summed E-state index contributed by atoms with van der Waals surface area (Å²) >= 11 is 0. The maximum Gasteiger partial charge on any atom is 0.384 e. The fourth-order valence-corrected chi connectivity index (χ4v) is 1.43. The topological polar surface area (TPSA) is 38.7 Å². The number of alkyl halides is 12. The molecule has 0 rings (SSSR count). The van der Waals surface area contributed by atoms with Crippen LogP contribution in [0.4, 0.5) is 52.7 Å². The van der Waals surface area contributed by atoms with Crippen LogP contribution in [0.5, 0.6) is 0 Å². The summed E-state index contributed by atoms with van der Waals surface area (Å²) in [6.45, 7) is -2.86. The van der Waals surface area contributed by atoms with E-state index < -0.39 is 51.2 Å². The van der Waals surface area contributed by atoms with E-state index in [1.54, 1.807) is 0 Å². The van der Waals surface area contributed by atoms with Gasteiger partial charge in [-0.25, -0.2) is 8.78 Å². The van der Waals surface area contributed by atoms with E-state index in [4.69, 9.17) is 4.89 Å². The summed E-state index contributed by atoms with van der Waals surface area (Å²) in [6.07, 6.45) is -5.56. The van der Waals surface area contributed by atoms with Crippen molar-refractivity contribution in [2.45, 2.75) is 36.0 Å². The molecule has 146 valence electrons. The normalized spacial score (nSPS) is 16.6. The lowest BCUT2D eigenvalue weighted by molar-refractivity contribution is -0.414. The number of rotatable bonds is 9. The molecule has 16 heteroatoms. The van der Waals surface area contributed by atoms with Crippen molar-refractivity contribution < 1.29 is 66.6 Å². The zero-order valence-corrected chi connectivity index (χ0v) is 11.9. The monoisotopic (exact) mass is 410 g/mol. The van der Waals surface area contributed by atoms with E-state index >= 15 is 0 Å². The SMILES string of the molecule is COP(O)OCC(F)(F)C(F)(F)C(F)(F)C(F)(F)C(F)(F)C(F)F. The van der Waals surface area contributed by atoms with Gasteiger partial charge in [-0.1, -0.05) is 0 Å². The van der Waals surface area contributed by atoms with Crippen LogP contribution in [0.15, 0.2) is 0 Å². The zero-order valence-electron chi connectivity index (χ0n) is 11.0. The van der Waals surface area contributed by atoms with E-state index in [1.165, 1.54) is 0 Å². The minimum Gasteiger partial charge on any atom is -0.328 e. The highest BCUT2D eigenvalue weighted by Gasteiger charge is 2.87. The Hall–Kier alpha value is -0.530. The van der Waals surface area contributed by atoms with Crippen molar-refractivity contribution in [1.29, 1.82) is 0 Å².